The Bertz CT molecular complexity index is 466. The van der Waals surface area contributed by atoms with Gasteiger partial charge in [-0.2, -0.15) is 0 Å². The van der Waals surface area contributed by atoms with Gasteiger partial charge in [0.25, 0.3) is 0 Å². The van der Waals surface area contributed by atoms with Crippen molar-refractivity contribution in [3.63, 3.8) is 0 Å². The Kier molecular flexibility index (Phi) is 4.28. The first kappa shape index (κ1) is 14.9. The van der Waals surface area contributed by atoms with E-state index in [0.717, 1.165) is 31.9 Å². The molecule has 0 amide bonds. The van der Waals surface area contributed by atoms with Gasteiger partial charge in [0.1, 0.15) is 12.2 Å². The molecule has 1 aromatic heterocycles. The Balaban J connectivity index is 1.71. The largest absolute Gasteiger partial charge is 0.313 e. The number of likely N-dealkylation sites (N-methyl/N-ethyl adjacent to an activating group) is 2. The highest BCUT2D eigenvalue weighted by Gasteiger charge is 2.33. The van der Waals surface area contributed by atoms with Crippen LogP contribution < -0.4 is 5.32 Å². The Morgan fingerprint density at radius 2 is 2.14 bits per heavy atom. The molecule has 2 aliphatic rings. The number of fused-ring (bicyclic) bond motifs is 1. The maximum atomic E-state index is 4.26. The Hall–Kier alpha value is -0.980. The van der Waals surface area contributed by atoms with Gasteiger partial charge >= 0.3 is 0 Å². The van der Waals surface area contributed by atoms with Crippen LogP contribution >= 0.6 is 0 Å². The molecule has 3 rings (SSSR count). The van der Waals surface area contributed by atoms with E-state index in [-0.39, 0.29) is 5.54 Å². The van der Waals surface area contributed by atoms with Crippen molar-refractivity contribution in [1.29, 1.82) is 0 Å². The summed E-state index contributed by atoms with van der Waals surface area (Å²) in [4.78, 5) is 4.94. The van der Waals surface area contributed by atoms with Crippen molar-refractivity contribution in [3.8, 4) is 0 Å². The highest BCUT2D eigenvalue weighted by Crippen LogP contribution is 2.28. The molecule has 0 bridgehead atoms. The molecule has 1 fully saturated rings. The topological polar surface area (TPSA) is 49.2 Å². The van der Waals surface area contributed by atoms with Crippen LogP contribution in [0.25, 0.3) is 0 Å². The summed E-state index contributed by atoms with van der Waals surface area (Å²) in [6, 6.07) is 0.453. The zero-order valence-electron chi connectivity index (χ0n) is 13.5. The van der Waals surface area contributed by atoms with Crippen LogP contribution in [0.2, 0.25) is 0 Å². The number of aromatic nitrogens is 3. The third-order valence-electron chi connectivity index (χ3n) is 5.04. The predicted molar refractivity (Wildman–Crippen MR) is 83.1 cm³/mol. The lowest BCUT2D eigenvalue weighted by Crippen LogP contribution is -2.52. The summed E-state index contributed by atoms with van der Waals surface area (Å²) in [5.41, 5.74) is 0.134. The lowest BCUT2D eigenvalue weighted by Gasteiger charge is -2.39. The van der Waals surface area contributed by atoms with Gasteiger partial charge in [-0.25, -0.2) is 0 Å². The van der Waals surface area contributed by atoms with E-state index in [4.69, 9.17) is 0 Å². The molecule has 2 aliphatic heterocycles. The zero-order chi connectivity index (χ0) is 14.9. The van der Waals surface area contributed by atoms with Gasteiger partial charge in [0.2, 0.25) is 0 Å². The van der Waals surface area contributed by atoms with E-state index in [9.17, 15) is 0 Å². The van der Waals surface area contributed by atoms with Crippen LogP contribution in [0.4, 0.5) is 0 Å². The van der Waals surface area contributed by atoms with Crippen molar-refractivity contribution in [1.82, 2.24) is 29.9 Å². The molecule has 118 valence electrons. The smallest absolute Gasteiger partial charge is 0.147 e. The first-order chi connectivity index (χ1) is 10.1. The zero-order valence-corrected chi connectivity index (χ0v) is 13.5. The van der Waals surface area contributed by atoms with E-state index in [1.807, 2.05) is 6.33 Å². The maximum Gasteiger partial charge on any atom is 0.147 e. The molecular weight excluding hydrogens is 264 g/mol. The molecule has 2 atom stereocenters. The molecule has 1 N–H and O–H groups in total. The summed E-state index contributed by atoms with van der Waals surface area (Å²) in [5.74, 6) is 1.09. The molecule has 21 heavy (non-hydrogen) atoms. The van der Waals surface area contributed by atoms with Gasteiger partial charge in [0.05, 0.1) is 12.6 Å². The molecule has 6 heteroatoms. The minimum absolute atomic E-state index is 0.134. The molecule has 1 aromatic rings. The summed E-state index contributed by atoms with van der Waals surface area (Å²) < 4.78 is 2.28. The fourth-order valence-electron chi connectivity index (χ4n) is 3.80. The maximum absolute atomic E-state index is 4.26. The molecule has 3 heterocycles. The first-order valence-electron chi connectivity index (χ1n) is 8.08. The van der Waals surface area contributed by atoms with Gasteiger partial charge in [-0.3, -0.25) is 4.90 Å². The summed E-state index contributed by atoms with van der Waals surface area (Å²) in [7, 11) is 4.26. The normalized spacial score (nSPS) is 26.7. The van der Waals surface area contributed by atoms with Crippen molar-refractivity contribution in [2.45, 2.75) is 44.3 Å². The van der Waals surface area contributed by atoms with Crippen LogP contribution in [0.15, 0.2) is 6.33 Å². The van der Waals surface area contributed by atoms with E-state index in [1.54, 1.807) is 0 Å². The molecule has 0 aromatic carbocycles. The van der Waals surface area contributed by atoms with Crippen LogP contribution in [-0.4, -0.2) is 70.4 Å². The molecule has 0 radical (unpaired) electrons. The summed E-state index contributed by atoms with van der Waals surface area (Å²) in [6.07, 6.45) is 5.71. The third-order valence-corrected chi connectivity index (χ3v) is 5.04. The predicted octanol–water partition coefficient (Wildman–Crippen LogP) is 0.729. The van der Waals surface area contributed by atoms with Gasteiger partial charge in [0.15, 0.2) is 0 Å². The minimum atomic E-state index is 0.134. The highest BCUT2D eigenvalue weighted by molar-refractivity contribution is 4.99. The Labute approximate surface area is 127 Å². The fraction of sp³-hybridized carbons (Fsp3) is 0.867. The van der Waals surface area contributed by atoms with E-state index >= 15 is 0 Å². The van der Waals surface area contributed by atoms with Crippen LogP contribution in [-0.2, 0) is 6.54 Å². The van der Waals surface area contributed by atoms with Gasteiger partial charge in [-0.15, -0.1) is 10.2 Å². The lowest BCUT2D eigenvalue weighted by atomic mass is 9.91. The van der Waals surface area contributed by atoms with E-state index in [2.05, 4.69) is 50.9 Å². The SMILES string of the molecule is CNC(C)(CC1CN(C)Cc2nncn21)CN1CCCC1. The second-order valence-electron chi connectivity index (χ2n) is 7.00. The molecule has 6 nitrogen and oxygen atoms in total. The number of rotatable bonds is 5. The van der Waals surface area contributed by atoms with E-state index < -0.39 is 0 Å². The minimum Gasteiger partial charge on any atom is -0.313 e. The molecule has 0 saturated carbocycles. The Morgan fingerprint density at radius 3 is 2.86 bits per heavy atom. The quantitative estimate of drug-likeness (QED) is 0.867. The number of nitrogens with one attached hydrogen (secondary N) is 1. The summed E-state index contributed by atoms with van der Waals surface area (Å²) in [6.45, 7) is 7.95. The van der Waals surface area contributed by atoms with Gasteiger partial charge in [-0.05, 0) is 53.4 Å². The van der Waals surface area contributed by atoms with Crippen molar-refractivity contribution in [2.24, 2.45) is 0 Å². The van der Waals surface area contributed by atoms with Crippen LogP contribution in [0.5, 0.6) is 0 Å². The molecule has 2 unspecified atom stereocenters. The lowest BCUT2D eigenvalue weighted by molar-refractivity contribution is 0.152. The first-order valence-corrected chi connectivity index (χ1v) is 8.08. The van der Waals surface area contributed by atoms with E-state index in [0.29, 0.717) is 6.04 Å². The van der Waals surface area contributed by atoms with Crippen LogP contribution in [0.1, 0.15) is 38.1 Å². The number of hydrogen-bond acceptors (Lipinski definition) is 5. The van der Waals surface area contributed by atoms with Gasteiger partial charge in [0, 0.05) is 18.6 Å². The van der Waals surface area contributed by atoms with Crippen molar-refractivity contribution in [3.05, 3.63) is 12.2 Å². The standard InChI is InChI=1S/C15H28N6/c1-15(16-2,11-20-6-4-5-7-20)8-13-9-19(3)10-14-18-17-12-21(13)14/h12-13,16H,4-11H2,1-3H3. The molecule has 0 aliphatic carbocycles. The average molecular weight is 292 g/mol. The second-order valence-corrected chi connectivity index (χ2v) is 7.00. The highest BCUT2D eigenvalue weighted by atomic mass is 15.3. The van der Waals surface area contributed by atoms with E-state index in [1.165, 1.54) is 25.9 Å². The van der Waals surface area contributed by atoms with Crippen molar-refractivity contribution >= 4 is 0 Å². The molecule has 1 saturated heterocycles. The van der Waals surface area contributed by atoms with Crippen molar-refractivity contribution < 1.29 is 0 Å². The fourth-order valence-corrected chi connectivity index (χ4v) is 3.80. The number of hydrogen-bond donors (Lipinski definition) is 1. The van der Waals surface area contributed by atoms with Gasteiger partial charge < -0.3 is 14.8 Å². The average Bonchev–Trinajstić information content (AvgIpc) is 3.09. The van der Waals surface area contributed by atoms with Gasteiger partial charge in [-0.1, -0.05) is 0 Å². The molecular formula is C15H28N6. The summed E-state index contributed by atoms with van der Waals surface area (Å²) in [5, 5.41) is 11.9. The third kappa shape index (κ3) is 3.27. The van der Waals surface area contributed by atoms with Crippen LogP contribution in [0.3, 0.4) is 0 Å². The number of nitrogens with zero attached hydrogens (tertiary/aromatic N) is 5. The van der Waals surface area contributed by atoms with Crippen molar-refractivity contribution in [2.75, 3.05) is 40.3 Å². The second kappa shape index (κ2) is 6.02. The monoisotopic (exact) mass is 292 g/mol. The number of likely N-dealkylation sites (tertiary alicyclic amines) is 1. The van der Waals surface area contributed by atoms with Crippen LogP contribution in [0, 0.1) is 0 Å². The summed E-state index contributed by atoms with van der Waals surface area (Å²) >= 11 is 0. The molecule has 0 spiro atoms. The Morgan fingerprint density at radius 1 is 1.38 bits per heavy atom.